The monoisotopic (exact) mass is 308 g/mol. The molecule has 1 N–H and O–H groups in total. The van der Waals surface area contributed by atoms with E-state index < -0.39 is 0 Å². The lowest BCUT2D eigenvalue weighted by molar-refractivity contribution is 0.352. The smallest absolute Gasteiger partial charge is 0.254 e. The van der Waals surface area contributed by atoms with E-state index in [4.69, 9.17) is 4.98 Å². The van der Waals surface area contributed by atoms with E-state index in [-0.39, 0.29) is 5.56 Å². The van der Waals surface area contributed by atoms with E-state index >= 15 is 0 Å². The van der Waals surface area contributed by atoms with Gasteiger partial charge in [0.05, 0.1) is 5.69 Å². The van der Waals surface area contributed by atoms with E-state index in [2.05, 4.69) is 25.8 Å². The first-order valence-corrected chi connectivity index (χ1v) is 9.30. The van der Waals surface area contributed by atoms with Crippen LogP contribution in [0, 0.1) is 5.92 Å². The third-order valence-corrected chi connectivity index (χ3v) is 5.68. The van der Waals surface area contributed by atoms with Crippen LogP contribution in [0.15, 0.2) is 9.95 Å². The average Bonchev–Trinajstić information content (AvgIpc) is 2.48. The molecule has 0 bridgehead atoms. The van der Waals surface area contributed by atoms with E-state index in [1.54, 1.807) is 11.8 Å². The minimum Gasteiger partial charge on any atom is -0.301 e. The van der Waals surface area contributed by atoms with Crippen molar-refractivity contribution < 1.29 is 0 Å². The third kappa shape index (κ3) is 4.60. The fourth-order valence-electron chi connectivity index (χ4n) is 3.05. The molecule has 4 heteroatoms. The van der Waals surface area contributed by atoms with Crippen molar-refractivity contribution in [2.75, 3.05) is 0 Å². The quantitative estimate of drug-likeness (QED) is 0.628. The van der Waals surface area contributed by atoms with Gasteiger partial charge in [-0.05, 0) is 25.2 Å². The zero-order chi connectivity index (χ0) is 15.2. The van der Waals surface area contributed by atoms with E-state index in [9.17, 15) is 4.79 Å². The number of nitrogens with zero attached hydrogens (tertiary/aromatic N) is 1. The molecule has 0 aliphatic heterocycles. The van der Waals surface area contributed by atoms with E-state index in [0.29, 0.717) is 5.25 Å². The van der Waals surface area contributed by atoms with Crippen LogP contribution >= 0.6 is 11.8 Å². The summed E-state index contributed by atoms with van der Waals surface area (Å²) in [4.78, 5) is 20.1. The Labute approximate surface area is 132 Å². The molecule has 0 spiro atoms. The summed E-state index contributed by atoms with van der Waals surface area (Å²) in [6.07, 6.45) is 9.49. The first-order valence-electron chi connectivity index (χ1n) is 8.42. The van der Waals surface area contributed by atoms with Gasteiger partial charge in [0.1, 0.15) is 0 Å². The van der Waals surface area contributed by atoms with Crippen LogP contribution in [0.2, 0.25) is 0 Å². The van der Waals surface area contributed by atoms with Gasteiger partial charge in [-0.2, -0.15) is 0 Å². The normalized spacial score (nSPS) is 17.9. The Morgan fingerprint density at radius 2 is 2.00 bits per heavy atom. The topological polar surface area (TPSA) is 45.8 Å². The maximum Gasteiger partial charge on any atom is 0.254 e. The Kier molecular flexibility index (Phi) is 6.34. The Morgan fingerprint density at radius 1 is 1.29 bits per heavy atom. The van der Waals surface area contributed by atoms with Crippen molar-refractivity contribution in [1.82, 2.24) is 9.97 Å². The molecule has 1 aliphatic rings. The number of hydrogen-bond acceptors (Lipinski definition) is 3. The van der Waals surface area contributed by atoms with Gasteiger partial charge in [-0.3, -0.25) is 4.79 Å². The van der Waals surface area contributed by atoms with Crippen molar-refractivity contribution >= 4 is 11.8 Å². The van der Waals surface area contributed by atoms with Crippen LogP contribution < -0.4 is 5.56 Å². The summed E-state index contributed by atoms with van der Waals surface area (Å²) in [7, 11) is 0. The van der Waals surface area contributed by atoms with Gasteiger partial charge >= 0.3 is 0 Å². The molecule has 2 rings (SSSR count). The minimum atomic E-state index is 0.0733. The standard InChI is InChI=1S/C17H28N2OS/c1-4-12(3)21-17-18-15(14(5-2)16(20)19-17)11-13-9-7-6-8-10-13/h12-13H,4-11H2,1-3H3,(H,18,19,20). The molecule has 1 saturated carbocycles. The number of hydrogen-bond donors (Lipinski definition) is 1. The van der Waals surface area contributed by atoms with Gasteiger partial charge in [0.15, 0.2) is 5.16 Å². The molecule has 1 aliphatic carbocycles. The minimum absolute atomic E-state index is 0.0733. The fourth-order valence-corrected chi connectivity index (χ4v) is 3.91. The van der Waals surface area contributed by atoms with E-state index in [1.165, 1.54) is 32.1 Å². The molecule has 1 aromatic heterocycles. The molecule has 0 amide bonds. The molecule has 0 radical (unpaired) electrons. The SMILES string of the molecule is CCc1c(CC2CCCCC2)nc(SC(C)CC)[nH]c1=O. The highest BCUT2D eigenvalue weighted by Gasteiger charge is 2.19. The summed E-state index contributed by atoms with van der Waals surface area (Å²) in [5, 5.41) is 1.29. The molecular weight excluding hydrogens is 280 g/mol. The van der Waals surface area contributed by atoms with Crippen LogP contribution in [0.5, 0.6) is 0 Å². The Hall–Kier alpha value is -0.770. The van der Waals surface area contributed by atoms with Crippen molar-refractivity contribution in [1.29, 1.82) is 0 Å². The first-order chi connectivity index (χ1) is 10.1. The number of thioether (sulfide) groups is 1. The van der Waals surface area contributed by atoms with Crippen molar-refractivity contribution in [3.63, 3.8) is 0 Å². The summed E-state index contributed by atoms with van der Waals surface area (Å²) in [5.74, 6) is 0.722. The fraction of sp³-hybridized carbons (Fsp3) is 0.765. The summed E-state index contributed by atoms with van der Waals surface area (Å²) in [5.41, 5.74) is 2.03. The largest absolute Gasteiger partial charge is 0.301 e. The first kappa shape index (κ1) is 16.6. The molecule has 1 atom stereocenters. The molecular formula is C17H28N2OS. The zero-order valence-electron chi connectivity index (χ0n) is 13.6. The predicted octanol–water partition coefficient (Wildman–Crippen LogP) is 4.35. The molecule has 0 saturated heterocycles. The lowest BCUT2D eigenvalue weighted by atomic mass is 9.85. The molecule has 1 fully saturated rings. The Morgan fingerprint density at radius 3 is 2.62 bits per heavy atom. The molecule has 0 aromatic carbocycles. The van der Waals surface area contributed by atoms with E-state index in [1.807, 2.05) is 0 Å². The molecule has 118 valence electrons. The van der Waals surface area contributed by atoms with Gasteiger partial charge in [-0.1, -0.05) is 64.6 Å². The summed E-state index contributed by atoms with van der Waals surface area (Å²) < 4.78 is 0. The summed E-state index contributed by atoms with van der Waals surface area (Å²) >= 11 is 1.69. The average molecular weight is 308 g/mol. The molecule has 1 heterocycles. The van der Waals surface area contributed by atoms with Gasteiger partial charge in [-0.25, -0.2) is 4.98 Å². The van der Waals surface area contributed by atoms with Gasteiger partial charge in [0.25, 0.3) is 5.56 Å². The van der Waals surface area contributed by atoms with Crippen LogP contribution in [-0.2, 0) is 12.8 Å². The molecule has 21 heavy (non-hydrogen) atoms. The lowest BCUT2D eigenvalue weighted by Crippen LogP contribution is -2.21. The van der Waals surface area contributed by atoms with Crippen LogP contribution in [0.25, 0.3) is 0 Å². The number of aromatic amines is 1. The van der Waals surface area contributed by atoms with Crippen molar-refractivity contribution in [2.45, 2.75) is 82.5 Å². The van der Waals surface area contributed by atoms with Crippen molar-refractivity contribution in [3.05, 3.63) is 21.6 Å². The van der Waals surface area contributed by atoms with Crippen LogP contribution in [0.3, 0.4) is 0 Å². The van der Waals surface area contributed by atoms with Crippen molar-refractivity contribution in [3.8, 4) is 0 Å². The Bertz CT molecular complexity index is 506. The number of nitrogens with one attached hydrogen (secondary N) is 1. The third-order valence-electron chi connectivity index (χ3n) is 4.53. The van der Waals surface area contributed by atoms with Crippen LogP contribution in [0.1, 0.15) is 70.6 Å². The van der Waals surface area contributed by atoms with Gasteiger partial charge < -0.3 is 4.98 Å². The second kappa shape index (κ2) is 8.02. The maximum atomic E-state index is 12.3. The highest BCUT2D eigenvalue weighted by atomic mass is 32.2. The molecule has 1 aromatic rings. The van der Waals surface area contributed by atoms with E-state index in [0.717, 1.165) is 41.6 Å². The number of rotatable bonds is 6. The highest BCUT2D eigenvalue weighted by Crippen LogP contribution is 2.28. The highest BCUT2D eigenvalue weighted by molar-refractivity contribution is 7.99. The summed E-state index contributed by atoms with van der Waals surface area (Å²) in [6, 6.07) is 0. The molecule has 1 unspecified atom stereocenters. The zero-order valence-corrected chi connectivity index (χ0v) is 14.4. The van der Waals surface area contributed by atoms with Gasteiger partial charge in [-0.15, -0.1) is 0 Å². The summed E-state index contributed by atoms with van der Waals surface area (Å²) in [6.45, 7) is 6.40. The molecule has 3 nitrogen and oxygen atoms in total. The maximum absolute atomic E-state index is 12.3. The number of aromatic nitrogens is 2. The second-order valence-corrected chi connectivity index (χ2v) is 7.62. The lowest BCUT2D eigenvalue weighted by Gasteiger charge is -2.22. The predicted molar refractivity (Wildman–Crippen MR) is 90.1 cm³/mol. The Balaban J connectivity index is 2.21. The van der Waals surface area contributed by atoms with Crippen molar-refractivity contribution in [2.24, 2.45) is 5.92 Å². The second-order valence-electron chi connectivity index (χ2n) is 6.19. The van der Waals surface area contributed by atoms with Crippen LogP contribution in [-0.4, -0.2) is 15.2 Å². The van der Waals surface area contributed by atoms with Gasteiger partial charge in [0.2, 0.25) is 0 Å². The van der Waals surface area contributed by atoms with Gasteiger partial charge in [0, 0.05) is 10.8 Å². The van der Waals surface area contributed by atoms with Crippen LogP contribution in [0.4, 0.5) is 0 Å². The number of H-pyrrole nitrogens is 1.